The second-order valence-corrected chi connectivity index (χ2v) is 7.06. The van der Waals surface area contributed by atoms with Crippen molar-refractivity contribution in [2.45, 2.75) is 45.6 Å². The number of nitrogens with zero attached hydrogens (tertiary/aromatic N) is 2. The molecular formula is C20H22FN3O2. The third-order valence-corrected chi connectivity index (χ3v) is 5.28. The number of carbonyl (C=O) groups is 1. The number of aromatic amines is 1. The van der Waals surface area contributed by atoms with Crippen molar-refractivity contribution < 1.29 is 13.7 Å². The lowest BCUT2D eigenvalue weighted by Crippen LogP contribution is -2.28. The molecule has 0 unspecified atom stereocenters. The van der Waals surface area contributed by atoms with Gasteiger partial charge in [0.05, 0.1) is 18.5 Å². The van der Waals surface area contributed by atoms with Gasteiger partial charge in [-0.2, -0.15) is 0 Å². The molecule has 0 spiro atoms. The van der Waals surface area contributed by atoms with Gasteiger partial charge in [0.2, 0.25) is 5.91 Å². The molecule has 136 valence electrons. The number of fused-ring (bicyclic) bond motifs is 2. The molecule has 0 aliphatic heterocycles. The van der Waals surface area contributed by atoms with Crippen molar-refractivity contribution in [1.29, 1.82) is 0 Å². The van der Waals surface area contributed by atoms with Crippen LogP contribution < -0.4 is 0 Å². The Labute approximate surface area is 151 Å². The van der Waals surface area contributed by atoms with E-state index in [0.29, 0.717) is 12.1 Å². The van der Waals surface area contributed by atoms with Crippen LogP contribution in [0.15, 0.2) is 22.7 Å². The Balaban J connectivity index is 1.52. The molecule has 4 rings (SSSR count). The Kier molecular flexibility index (Phi) is 4.26. The van der Waals surface area contributed by atoms with Gasteiger partial charge < -0.3 is 14.4 Å². The Hall–Kier alpha value is -2.63. The summed E-state index contributed by atoms with van der Waals surface area (Å²) in [4.78, 5) is 17.5. The van der Waals surface area contributed by atoms with Crippen molar-refractivity contribution in [1.82, 2.24) is 15.0 Å². The number of rotatable bonds is 4. The summed E-state index contributed by atoms with van der Waals surface area (Å²) in [6.45, 7) is 2.31. The molecule has 0 bridgehead atoms. The van der Waals surface area contributed by atoms with E-state index in [2.05, 4.69) is 10.1 Å². The molecule has 0 fully saturated rings. The molecule has 1 aliphatic rings. The van der Waals surface area contributed by atoms with Crippen LogP contribution in [0.5, 0.6) is 0 Å². The zero-order chi connectivity index (χ0) is 18.3. The first-order valence-electron chi connectivity index (χ1n) is 9.00. The van der Waals surface area contributed by atoms with Gasteiger partial charge in [0.15, 0.2) is 0 Å². The van der Waals surface area contributed by atoms with E-state index >= 15 is 0 Å². The number of hydrogen-bond acceptors (Lipinski definition) is 3. The van der Waals surface area contributed by atoms with E-state index in [1.807, 2.05) is 13.0 Å². The van der Waals surface area contributed by atoms with Crippen LogP contribution in [0, 0.1) is 12.7 Å². The zero-order valence-electron chi connectivity index (χ0n) is 15.1. The van der Waals surface area contributed by atoms with Crippen LogP contribution >= 0.6 is 0 Å². The van der Waals surface area contributed by atoms with E-state index < -0.39 is 0 Å². The lowest BCUT2D eigenvalue weighted by atomic mass is 9.96. The fourth-order valence-corrected chi connectivity index (χ4v) is 3.77. The summed E-state index contributed by atoms with van der Waals surface area (Å²) < 4.78 is 19.4. The molecule has 0 atom stereocenters. The number of aromatic nitrogens is 2. The standard InChI is InChI=1S/C20H22FN3O2/c1-12-15(13-7-5-8-16(21)20(13)22-12)10-19(25)24(2)11-17-14-6-3-4-9-18(14)26-23-17/h5,7-8,22H,3-4,6,9-11H2,1-2H3. The summed E-state index contributed by atoms with van der Waals surface area (Å²) in [6.07, 6.45) is 4.40. The number of likely N-dealkylation sites (N-methyl/N-ethyl adjacent to an activating group) is 1. The minimum Gasteiger partial charge on any atom is -0.361 e. The normalized spacial score (nSPS) is 13.8. The van der Waals surface area contributed by atoms with Crippen molar-refractivity contribution in [2.75, 3.05) is 7.05 Å². The molecule has 26 heavy (non-hydrogen) atoms. The molecule has 0 radical (unpaired) electrons. The summed E-state index contributed by atoms with van der Waals surface area (Å²) >= 11 is 0. The average Bonchev–Trinajstić information content (AvgIpc) is 3.18. The Morgan fingerprint density at radius 1 is 1.35 bits per heavy atom. The van der Waals surface area contributed by atoms with Crippen LogP contribution in [0.1, 0.15) is 41.1 Å². The molecule has 5 nitrogen and oxygen atoms in total. The lowest BCUT2D eigenvalue weighted by Gasteiger charge is -2.17. The number of amides is 1. The Morgan fingerprint density at radius 2 is 2.15 bits per heavy atom. The highest BCUT2D eigenvalue weighted by Gasteiger charge is 2.22. The second kappa shape index (κ2) is 6.59. The van der Waals surface area contributed by atoms with E-state index in [-0.39, 0.29) is 18.1 Å². The van der Waals surface area contributed by atoms with Gasteiger partial charge in [-0.1, -0.05) is 17.3 Å². The molecule has 1 aliphatic carbocycles. The maximum absolute atomic E-state index is 13.9. The smallest absolute Gasteiger partial charge is 0.227 e. The Bertz CT molecular complexity index is 973. The molecule has 2 aromatic heterocycles. The van der Waals surface area contributed by atoms with Crippen molar-refractivity contribution >= 4 is 16.8 Å². The van der Waals surface area contributed by atoms with Gasteiger partial charge in [0.25, 0.3) is 0 Å². The monoisotopic (exact) mass is 355 g/mol. The van der Waals surface area contributed by atoms with Gasteiger partial charge in [-0.3, -0.25) is 4.79 Å². The molecular weight excluding hydrogens is 333 g/mol. The second-order valence-electron chi connectivity index (χ2n) is 7.06. The van der Waals surface area contributed by atoms with E-state index in [1.54, 1.807) is 18.0 Å². The topological polar surface area (TPSA) is 62.1 Å². The summed E-state index contributed by atoms with van der Waals surface area (Å²) in [5.74, 6) is 0.646. The molecule has 6 heteroatoms. The third kappa shape index (κ3) is 2.89. The predicted octanol–water partition coefficient (Wildman–Crippen LogP) is 3.68. The fraction of sp³-hybridized carbons (Fsp3) is 0.400. The van der Waals surface area contributed by atoms with E-state index in [4.69, 9.17) is 4.52 Å². The molecule has 1 amide bonds. The van der Waals surface area contributed by atoms with Crippen LogP contribution in [0.4, 0.5) is 4.39 Å². The molecule has 0 saturated carbocycles. The number of aryl methyl sites for hydroxylation is 2. The van der Waals surface area contributed by atoms with Crippen LogP contribution in [0.25, 0.3) is 10.9 Å². The average molecular weight is 355 g/mol. The molecule has 3 aromatic rings. The van der Waals surface area contributed by atoms with Crippen LogP contribution in [0.3, 0.4) is 0 Å². The van der Waals surface area contributed by atoms with Gasteiger partial charge in [0, 0.05) is 30.1 Å². The van der Waals surface area contributed by atoms with Gasteiger partial charge in [-0.25, -0.2) is 4.39 Å². The number of carbonyl (C=O) groups excluding carboxylic acids is 1. The van der Waals surface area contributed by atoms with Crippen molar-refractivity contribution in [3.63, 3.8) is 0 Å². The van der Waals surface area contributed by atoms with Gasteiger partial charge in [-0.05, 0) is 37.8 Å². The number of para-hydroxylation sites is 1. The zero-order valence-corrected chi connectivity index (χ0v) is 15.1. The SMILES string of the molecule is Cc1[nH]c2c(F)cccc2c1CC(=O)N(C)Cc1noc2c1CCCC2. The quantitative estimate of drug-likeness (QED) is 0.776. The minimum absolute atomic E-state index is 0.0224. The maximum atomic E-state index is 13.9. The van der Waals surface area contributed by atoms with Crippen molar-refractivity contribution in [3.05, 3.63) is 52.3 Å². The first-order valence-corrected chi connectivity index (χ1v) is 9.00. The van der Waals surface area contributed by atoms with Crippen LogP contribution in [0.2, 0.25) is 0 Å². The highest BCUT2D eigenvalue weighted by molar-refractivity contribution is 5.90. The largest absolute Gasteiger partial charge is 0.361 e. The number of nitrogens with one attached hydrogen (secondary N) is 1. The number of benzene rings is 1. The third-order valence-electron chi connectivity index (χ3n) is 5.28. The van der Waals surface area contributed by atoms with E-state index in [0.717, 1.165) is 53.8 Å². The maximum Gasteiger partial charge on any atom is 0.227 e. The van der Waals surface area contributed by atoms with Crippen LogP contribution in [-0.4, -0.2) is 28.0 Å². The molecule has 1 aromatic carbocycles. The summed E-state index contributed by atoms with van der Waals surface area (Å²) in [6, 6.07) is 4.94. The molecule has 2 heterocycles. The summed E-state index contributed by atoms with van der Waals surface area (Å²) in [5.41, 5.74) is 4.16. The minimum atomic E-state index is -0.299. The first kappa shape index (κ1) is 16.8. The fourth-order valence-electron chi connectivity index (χ4n) is 3.77. The highest BCUT2D eigenvalue weighted by Crippen LogP contribution is 2.27. The van der Waals surface area contributed by atoms with E-state index in [9.17, 15) is 9.18 Å². The van der Waals surface area contributed by atoms with Gasteiger partial charge in [-0.15, -0.1) is 0 Å². The lowest BCUT2D eigenvalue weighted by molar-refractivity contribution is -0.129. The van der Waals surface area contributed by atoms with Crippen LogP contribution in [-0.2, 0) is 30.6 Å². The highest BCUT2D eigenvalue weighted by atomic mass is 19.1. The van der Waals surface area contributed by atoms with Gasteiger partial charge in [0.1, 0.15) is 17.3 Å². The molecule has 0 saturated heterocycles. The first-order chi connectivity index (χ1) is 12.5. The number of halogens is 1. The van der Waals surface area contributed by atoms with E-state index in [1.165, 1.54) is 11.6 Å². The van der Waals surface area contributed by atoms with Crippen molar-refractivity contribution in [3.8, 4) is 0 Å². The van der Waals surface area contributed by atoms with Gasteiger partial charge >= 0.3 is 0 Å². The molecule has 1 N–H and O–H groups in total. The Morgan fingerprint density at radius 3 is 3.00 bits per heavy atom. The number of hydrogen-bond donors (Lipinski definition) is 1. The van der Waals surface area contributed by atoms with Crippen molar-refractivity contribution in [2.24, 2.45) is 0 Å². The summed E-state index contributed by atoms with van der Waals surface area (Å²) in [5, 5.41) is 4.94. The number of H-pyrrole nitrogens is 1. The predicted molar refractivity (Wildman–Crippen MR) is 96.3 cm³/mol. The summed E-state index contributed by atoms with van der Waals surface area (Å²) in [7, 11) is 1.77.